The van der Waals surface area contributed by atoms with E-state index < -0.39 is 6.09 Å². The Hall–Kier alpha value is -3.42. The van der Waals surface area contributed by atoms with Crippen LogP contribution in [0.3, 0.4) is 0 Å². The molecule has 0 unspecified atom stereocenters. The molecule has 3 aromatic rings. The van der Waals surface area contributed by atoms with Crippen LogP contribution in [0, 0.1) is 5.92 Å². The molecular weight excluding hydrogens is 406 g/mol. The van der Waals surface area contributed by atoms with Gasteiger partial charge in [0.2, 0.25) is 11.9 Å². The van der Waals surface area contributed by atoms with Gasteiger partial charge in [0.25, 0.3) is 0 Å². The molecule has 1 N–H and O–H groups in total. The highest BCUT2D eigenvalue weighted by Crippen LogP contribution is 2.28. The van der Waals surface area contributed by atoms with E-state index in [9.17, 15) is 4.79 Å². The summed E-state index contributed by atoms with van der Waals surface area (Å²) in [6.07, 6.45) is 3.03. The van der Waals surface area contributed by atoms with Crippen LogP contribution in [0.1, 0.15) is 38.3 Å². The second kappa shape index (κ2) is 9.38. The number of hydrogen-bond acceptors (Lipinski definition) is 7. The summed E-state index contributed by atoms with van der Waals surface area (Å²) in [6, 6.07) is 10.5. The fraction of sp³-hybridized carbons (Fsp3) is 0.417. The van der Waals surface area contributed by atoms with Crippen molar-refractivity contribution < 1.29 is 14.3 Å². The number of hydrogen-bond donors (Lipinski definition) is 1. The van der Waals surface area contributed by atoms with Gasteiger partial charge < -0.3 is 14.8 Å². The number of aromatic nitrogens is 3. The number of carbonyl (C=O) groups excluding carboxylic acids is 1. The van der Waals surface area contributed by atoms with Crippen LogP contribution in [-0.4, -0.2) is 40.8 Å². The zero-order valence-corrected chi connectivity index (χ0v) is 19.0. The van der Waals surface area contributed by atoms with Gasteiger partial charge in [-0.2, -0.15) is 4.98 Å². The first-order valence-electron chi connectivity index (χ1n) is 11.0. The third-order valence-corrected chi connectivity index (χ3v) is 5.72. The lowest BCUT2D eigenvalue weighted by Crippen LogP contribution is -2.38. The summed E-state index contributed by atoms with van der Waals surface area (Å²) < 4.78 is 10.8. The fourth-order valence-corrected chi connectivity index (χ4v) is 3.96. The fourth-order valence-electron chi connectivity index (χ4n) is 3.96. The van der Waals surface area contributed by atoms with Gasteiger partial charge in [-0.3, -0.25) is 0 Å². The molecule has 4 rings (SSSR count). The van der Waals surface area contributed by atoms with Crippen LogP contribution in [-0.2, 0) is 17.7 Å². The lowest BCUT2D eigenvalue weighted by molar-refractivity contribution is 0.177. The normalized spacial score (nSPS) is 16.0. The van der Waals surface area contributed by atoms with E-state index in [-0.39, 0.29) is 12.0 Å². The number of nitrogens with one attached hydrogen (secondary N) is 1. The average molecular weight is 436 g/mol. The Balaban J connectivity index is 1.52. The molecule has 1 amide bonds. The number of anilines is 2. The number of methoxy groups -OCH3 is 1. The smallest absolute Gasteiger partial charge is 0.417 e. The number of cyclic esters (lactones) is 1. The van der Waals surface area contributed by atoms with E-state index in [1.807, 2.05) is 13.8 Å². The van der Waals surface area contributed by atoms with Crippen LogP contribution in [0.5, 0.6) is 5.75 Å². The van der Waals surface area contributed by atoms with E-state index in [0.717, 1.165) is 29.5 Å². The van der Waals surface area contributed by atoms with Gasteiger partial charge >= 0.3 is 6.09 Å². The molecular formula is C24H29N5O3. The largest absolute Gasteiger partial charge is 0.496 e. The van der Waals surface area contributed by atoms with Crippen LogP contribution >= 0.6 is 0 Å². The van der Waals surface area contributed by atoms with Gasteiger partial charge in [-0.1, -0.05) is 39.3 Å². The van der Waals surface area contributed by atoms with Crippen molar-refractivity contribution in [2.45, 2.75) is 46.2 Å². The molecule has 0 bridgehead atoms. The molecule has 2 aromatic carbocycles. The van der Waals surface area contributed by atoms with Crippen molar-refractivity contribution in [3.05, 3.63) is 47.8 Å². The van der Waals surface area contributed by atoms with E-state index in [1.54, 1.807) is 7.11 Å². The number of benzene rings is 2. The van der Waals surface area contributed by atoms with Gasteiger partial charge in [0.1, 0.15) is 18.7 Å². The zero-order valence-electron chi connectivity index (χ0n) is 19.0. The van der Waals surface area contributed by atoms with E-state index in [4.69, 9.17) is 9.47 Å². The minimum absolute atomic E-state index is 0.0902. The molecule has 0 radical (unpaired) electrons. The van der Waals surface area contributed by atoms with Crippen molar-refractivity contribution >= 4 is 28.8 Å². The van der Waals surface area contributed by atoms with Crippen molar-refractivity contribution in [1.82, 2.24) is 15.0 Å². The molecule has 8 nitrogen and oxygen atoms in total. The molecule has 0 spiro atoms. The van der Waals surface area contributed by atoms with E-state index in [0.29, 0.717) is 25.0 Å². The maximum absolute atomic E-state index is 12.2. The molecule has 0 saturated carbocycles. The molecule has 1 aliphatic heterocycles. The molecule has 1 fully saturated rings. The van der Waals surface area contributed by atoms with Gasteiger partial charge in [-0.25, -0.2) is 19.7 Å². The minimum Gasteiger partial charge on any atom is -0.496 e. The summed E-state index contributed by atoms with van der Waals surface area (Å²) in [5, 5.41) is 5.55. The number of amides is 1. The van der Waals surface area contributed by atoms with Crippen LogP contribution in [0.2, 0.25) is 0 Å². The number of nitrogens with zero attached hydrogens (tertiary/aromatic N) is 4. The van der Waals surface area contributed by atoms with E-state index in [2.05, 4.69) is 57.5 Å². The molecule has 1 aliphatic rings. The Morgan fingerprint density at radius 1 is 1.22 bits per heavy atom. The summed E-state index contributed by atoms with van der Waals surface area (Å²) in [5.74, 6) is 1.88. The third-order valence-electron chi connectivity index (χ3n) is 5.72. The Morgan fingerprint density at radius 3 is 2.81 bits per heavy atom. The Morgan fingerprint density at radius 2 is 2.06 bits per heavy atom. The zero-order chi connectivity index (χ0) is 22.7. The highest BCUT2D eigenvalue weighted by molar-refractivity contribution is 5.88. The summed E-state index contributed by atoms with van der Waals surface area (Å²) in [5.41, 5.74) is 2.32. The predicted octanol–water partition coefficient (Wildman–Crippen LogP) is 4.58. The third kappa shape index (κ3) is 4.44. The second-order valence-electron chi connectivity index (χ2n) is 8.32. The lowest BCUT2D eigenvalue weighted by Gasteiger charge is -2.22. The van der Waals surface area contributed by atoms with Gasteiger partial charge in [0, 0.05) is 6.54 Å². The first-order valence-corrected chi connectivity index (χ1v) is 11.0. The number of ether oxygens (including phenoxy) is 2. The van der Waals surface area contributed by atoms with Crippen LogP contribution in [0.4, 0.5) is 16.7 Å². The molecule has 1 aromatic heterocycles. The first-order chi connectivity index (χ1) is 15.5. The van der Waals surface area contributed by atoms with Crippen LogP contribution in [0.15, 0.2) is 36.7 Å². The standard InChI is InChI=1S/C24H29N5O3/c1-5-6-18-10-19-9-16(7-8-17(19)11-21(18)31-4)12-25-22-26-14-27-23(28-22)29-20(15(2)3)13-32-24(29)30/h7-11,14-15,20H,5-6,12-13H2,1-4H3,(H,25,26,27,28)/t20-/m1/s1. The number of fused-ring (bicyclic) bond motifs is 1. The maximum atomic E-state index is 12.2. The molecule has 168 valence electrons. The quantitative estimate of drug-likeness (QED) is 0.554. The summed E-state index contributed by atoms with van der Waals surface area (Å²) in [6.45, 7) is 7.14. The first kappa shape index (κ1) is 21.8. The van der Waals surface area contributed by atoms with Crippen molar-refractivity contribution in [3.63, 3.8) is 0 Å². The average Bonchev–Trinajstić information content (AvgIpc) is 3.19. The SMILES string of the molecule is CCCc1cc2cc(CNc3ncnc(N4C(=O)OC[C@@H]4C(C)C)n3)ccc2cc1OC. The molecule has 32 heavy (non-hydrogen) atoms. The van der Waals surface area contributed by atoms with Gasteiger partial charge in [-0.05, 0) is 52.4 Å². The minimum atomic E-state index is -0.423. The Kier molecular flexibility index (Phi) is 6.39. The van der Waals surface area contributed by atoms with E-state index in [1.165, 1.54) is 22.2 Å². The lowest BCUT2D eigenvalue weighted by atomic mass is 10.0. The molecule has 0 aliphatic carbocycles. The van der Waals surface area contributed by atoms with Gasteiger partial charge in [0.15, 0.2) is 0 Å². The topological polar surface area (TPSA) is 89.5 Å². The molecule has 1 atom stereocenters. The predicted molar refractivity (Wildman–Crippen MR) is 124 cm³/mol. The molecule has 2 heterocycles. The van der Waals surface area contributed by atoms with Crippen molar-refractivity contribution in [3.8, 4) is 5.75 Å². The van der Waals surface area contributed by atoms with Crippen LogP contribution in [0.25, 0.3) is 10.8 Å². The Bertz CT molecular complexity index is 1120. The summed E-state index contributed by atoms with van der Waals surface area (Å²) >= 11 is 0. The second-order valence-corrected chi connectivity index (χ2v) is 8.32. The number of aryl methyl sites for hydroxylation is 1. The number of carbonyl (C=O) groups is 1. The monoisotopic (exact) mass is 435 g/mol. The molecule has 1 saturated heterocycles. The highest BCUT2D eigenvalue weighted by atomic mass is 16.6. The van der Waals surface area contributed by atoms with Crippen molar-refractivity contribution in [1.29, 1.82) is 0 Å². The van der Waals surface area contributed by atoms with Crippen molar-refractivity contribution in [2.24, 2.45) is 5.92 Å². The summed E-state index contributed by atoms with van der Waals surface area (Å²) in [4.78, 5) is 26.6. The highest BCUT2D eigenvalue weighted by Gasteiger charge is 2.38. The summed E-state index contributed by atoms with van der Waals surface area (Å²) in [7, 11) is 1.72. The van der Waals surface area contributed by atoms with Crippen LogP contribution < -0.4 is 15.0 Å². The molecule has 8 heteroatoms. The Labute approximate surface area is 188 Å². The number of rotatable bonds is 8. The maximum Gasteiger partial charge on any atom is 0.417 e. The van der Waals surface area contributed by atoms with E-state index >= 15 is 0 Å². The van der Waals surface area contributed by atoms with Gasteiger partial charge in [0.05, 0.1) is 13.2 Å². The van der Waals surface area contributed by atoms with Gasteiger partial charge in [-0.15, -0.1) is 0 Å². The van der Waals surface area contributed by atoms with Crippen molar-refractivity contribution in [2.75, 3.05) is 23.9 Å².